The monoisotopic (exact) mass is 191 g/mol. The molecular formula is C11H17N3. The third kappa shape index (κ3) is 3.26. The van der Waals surface area contributed by atoms with Crippen LogP contribution in [-0.2, 0) is 0 Å². The smallest absolute Gasteiger partial charge is 0.145 e. The first-order chi connectivity index (χ1) is 6.88. The van der Waals surface area contributed by atoms with Crippen LogP contribution in [0.3, 0.4) is 0 Å². The zero-order chi connectivity index (χ0) is 10.2. The Bertz CT molecular complexity index is 258. The van der Waals surface area contributed by atoms with Crippen molar-refractivity contribution in [2.24, 2.45) is 0 Å². The molecule has 1 rings (SSSR count). The molecule has 0 fully saturated rings. The molecule has 1 heterocycles. The van der Waals surface area contributed by atoms with Crippen LogP contribution in [0.5, 0.6) is 0 Å². The molecule has 1 atom stereocenters. The van der Waals surface area contributed by atoms with E-state index in [1.165, 1.54) is 0 Å². The summed E-state index contributed by atoms with van der Waals surface area (Å²) < 4.78 is 0. The van der Waals surface area contributed by atoms with Crippen molar-refractivity contribution in [2.75, 3.05) is 7.05 Å². The second kappa shape index (κ2) is 6.27. The topological polar surface area (TPSA) is 37.8 Å². The summed E-state index contributed by atoms with van der Waals surface area (Å²) in [6.45, 7) is 3.70. The van der Waals surface area contributed by atoms with Gasteiger partial charge in [-0.1, -0.05) is 6.08 Å². The second-order valence-electron chi connectivity index (χ2n) is 3.17. The molecule has 0 saturated heterocycles. The van der Waals surface area contributed by atoms with E-state index in [-0.39, 0.29) is 6.04 Å². The molecule has 1 unspecified atom stereocenters. The van der Waals surface area contributed by atoms with Crippen molar-refractivity contribution in [3.05, 3.63) is 36.9 Å². The quantitative estimate of drug-likeness (QED) is 0.552. The molecule has 0 saturated carbocycles. The molecule has 1 aromatic rings. The third-order valence-corrected chi connectivity index (χ3v) is 2.15. The van der Waals surface area contributed by atoms with E-state index < -0.39 is 0 Å². The van der Waals surface area contributed by atoms with Crippen LogP contribution in [0.15, 0.2) is 31.1 Å². The number of hydrogen-bond acceptors (Lipinski definition) is 3. The predicted molar refractivity (Wildman–Crippen MR) is 57.9 cm³/mol. The van der Waals surface area contributed by atoms with E-state index in [1.807, 2.05) is 19.2 Å². The van der Waals surface area contributed by atoms with E-state index in [0.717, 1.165) is 25.1 Å². The first-order valence-corrected chi connectivity index (χ1v) is 4.93. The summed E-state index contributed by atoms with van der Waals surface area (Å²) >= 11 is 0. The van der Waals surface area contributed by atoms with Crippen molar-refractivity contribution in [1.82, 2.24) is 15.3 Å². The second-order valence-corrected chi connectivity index (χ2v) is 3.17. The summed E-state index contributed by atoms with van der Waals surface area (Å²) in [4.78, 5) is 8.46. The Kier molecular flexibility index (Phi) is 4.86. The van der Waals surface area contributed by atoms with E-state index in [2.05, 4.69) is 21.9 Å². The minimum atomic E-state index is 0.260. The highest BCUT2D eigenvalue weighted by Gasteiger charge is 2.09. The van der Waals surface area contributed by atoms with Gasteiger partial charge in [-0.2, -0.15) is 0 Å². The maximum absolute atomic E-state index is 4.23. The molecule has 0 radical (unpaired) electrons. The number of nitrogens with one attached hydrogen (secondary N) is 1. The summed E-state index contributed by atoms with van der Waals surface area (Å²) in [5.41, 5.74) is 0. The maximum Gasteiger partial charge on any atom is 0.145 e. The van der Waals surface area contributed by atoms with Gasteiger partial charge in [0.05, 0.1) is 6.04 Å². The Hall–Kier alpha value is -1.22. The van der Waals surface area contributed by atoms with Gasteiger partial charge in [0.25, 0.3) is 0 Å². The van der Waals surface area contributed by atoms with Crippen molar-refractivity contribution in [3.8, 4) is 0 Å². The lowest BCUT2D eigenvalue weighted by Crippen LogP contribution is -2.18. The molecule has 0 aliphatic rings. The van der Waals surface area contributed by atoms with Crippen LogP contribution in [-0.4, -0.2) is 17.0 Å². The van der Waals surface area contributed by atoms with Gasteiger partial charge in [0.1, 0.15) is 5.82 Å². The number of allylic oxidation sites excluding steroid dienone is 1. The summed E-state index contributed by atoms with van der Waals surface area (Å²) in [6.07, 6.45) is 8.71. The molecule has 0 aromatic carbocycles. The van der Waals surface area contributed by atoms with Gasteiger partial charge in [0.2, 0.25) is 0 Å². The fourth-order valence-electron chi connectivity index (χ4n) is 1.36. The van der Waals surface area contributed by atoms with E-state index in [9.17, 15) is 0 Å². The van der Waals surface area contributed by atoms with E-state index in [4.69, 9.17) is 0 Å². The minimum absolute atomic E-state index is 0.260. The average Bonchev–Trinajstić information content (AvgIpc) is 2.26. The number of hydrogen-bond donors (Lipinski definition) is 1. The van der Waals surface area contributed by atoms with Gasteiger partial charge in [-0.05, 0) is 32.4 Å². The predicted octanol–water partition coefficient (Wildman–Crippen LogP) is 2.09. The first kappa shape index (κ1) is 10.9. The molecule has 0 spiro atoms. The molecule has 76 valence electrons. The lowest BCUT2D eigenvalue weighted by molar-refractivity contribution is 0.504. The molecule has 1 aromatic heterocycles. The number of rotatable bonds is 6. The van der Waals surface area contributed by atoms with Crippen LogP contribution < -0.4 is 5.32 Å². The summed E-state index contributed by atoms with van der Waals surface area (Å²) in [5.74, 6) is 0.874. The van der Waals surface area contributed by atoms with Gasteiger partial charge in [0.15, 0.2) is 0 Å². The largest absolute Gasteiger partial charge is 0.310 e. The van der Waals surface area contributed by atoms with E-state index in [1.54, 1.807) is 12.4 Å². The van der Waals surface area contributed by atoms with Crippen molar-refractivity contribution in [2.45, 2.75) is 25.3 Å². The number of aromatic nitrogens is 2. The SMILES string of the molecule is C=CCCCC(NC)c1ncccn1. The summed E-state index contributed by atoms with van der Waals surface area (Å²) in [5, 5.41) is 3.22. The van der Waals surface area contributed by atoms with Crippen molar-refractivity contribution in [1.29, 1.82) is 0 Å². The Labute approximate surface area is 85.3 Å². The fraction of sp³-hybridized carbons (Fsp3) is 0.455. The van der Waals surface area contributed by atoms with Crippen LogP contribution in [0.4, 0.5) is 0 Å². The molecule has 0 aliphatic carbocycles. The third-order valence-electron chi connectivity index (χ3n) is 2.15. The number of nitrogens with zero attached hydrogens (tertiary/aromatic N) is 2. The van der Waals surface area contributed by atoms with Crippen LogP contribution in [0.25, 0.3) is 0 Å². The highest BCUT2D eigenvalue weighted by atomic mass is 15.0. The highest BCUT2D eigenvalue weighted by Crippen LogP contribution is 2.14. The van der Waals surface area contributed by atoms with Gasteiger partial charge in [0, 0.05) is 12.4 Å². The Morgan fingerprint density at radius 1 is 1.50 bits per heavy atom. The van der Waals surface area contributed by atoms with Crippen LogP contribution >= 0.6 is 0 Å². The minimum Gasteiger partial charge on any atom is -0.310 e. The molecule has 0 bridgehead atoms. The van der Waals surface area contributed by atoms with Crippen LogP contribution in [0, 0.1) is 0 Å². The van der Waals surface area contributed by atoms with Gasteiger partial charge >= 0.3 is 0 Å². The van der Waals surface area contributed by atoms with Crippen LogP contribution in [0.2, 0.25) is 0 Å². The number of unbranched alkanes of at least 4 members (excludes halogenated alkanes) is 1. The van der Waals surface area contributed by atoms with E-state index >= 15 is 0 Å². The van der Waals surface area contributed by atoms with Crippen molar-refractivity contribution in [3.63, 3.8) is 0 Å². The molecule has 0 aliphatic heterocycles. The van der Waals surface area contributed by atoms with Gasteiger partial charge in [-0.15, -0.1) is 6.58 Å². The van der Waals surface area contributed by atoms with Gasteiger partial charge in [-0.3, -0.25) is 0 Å². The Balaban J connectivity index is 2.50. The van der Waals surface area contributed by atoms with Crippen molar-refractivity contribution >= 4 is 0 Å². The first-order valence-electron chi connectivity index (χ1n) is 4.93. The molecular weight excluding hydrogens is 174 g/mol. The zero-order valence-corrected chi connectivity index (χ0v) is 8.61. The lowest BCUT2D eigenvalue weighted by atomic mass is 10.1. The lowest BCUT2D eigenvalue weighted by Gasteiger charge is -2.13. The van der Waals surface area contributed by atoms with E-state index in [0.29, 0.717) is 0 Å². The summed E-state index contributed by atoms with van der Waals surface area (Å²) in [6, 6.07) is 2.09. The molecule has 1 N–H and O–H groups in total. The summed E-state index contributed by atoms with van der Waals surface area (Å²) in [7, 11) is 1.94. The Morgan fingerprint density at radius 3 is 2.79 bits per heavy atom. The fourth-order valence-corrected chi connectivity index (χ4v) is 1.36. The molecule has 3 nitrogen and oxygen atoms in total. The van der Waals surface area contributed by atoms with Crippen LogP contribution in [0.1, 0.15) is 31.1 Å². The Morgan fingerprint density at radius 2 is 2.21 bits per heavy atom. The van der Waals surface area contributed by atoms with Crippen molar-refractivity contribution < 1.29 is 0 Å². The average molecular weight is 191 g/mol. The molecule has 3 heteroatoms. The van der Waals surface area contributed by atoms with Gasteiger partial charge in [-0.25, -0.2) is 9.97 Å². The highest BCUT2D eigenvalue weighted by molar-refractivity contribution is 4.95. The normalized spacial score (nSPS) is 12.4. The van der Waals surface area contributed by atoms with Gasteiger partial charge < -0.3 is 5.32 Å². The zero-order valence-electron chi connectivity index (χ0n) is 8.61. The molecule has 14 heavy (non-hydrogen) atoms. The standard InChI is InChI=1S/C11H17N3/c1-3-4-5-7-10(12-2)11-13-8-6-9-14-11/h3,6,8-10,12H,1,4-5,7H2,2H3. The maximum atomic E-state index is 4.23. The molecule has 0 amide bonds.